The summed E-state index contributed by atoms with van der Waals surface area (Å²) in [6.45, 7) is 0. The van der Waals surface area contributed by atoms with Crippen molar-refractivity contribution in [2.24, 2.45) is 0 Å². The van der Waals surface area contributed by atoms with Crippen LogP contribution in [0.4, 0.5) is 11.9 Å². The number of anilines is 2. The summed E-state index contributed by atoms with van der Waals surface area (Å²) in [6, 6.07) is 14.8. The smallest absolute Gasteiger partial charge is 0.303 e. The van der Waals surface area contributed by atoms with Crippen molar-refractivity contribution in [2.45, 2.75) is 25.3 Å². The first kappa shape index (κ1) is 22.3. The van der Waals surface area contributed by atoms with Gasteiger partial charge in [-0.2, -0.15) is 4.98 Å². The highest BCUT2D eigenvalue weighted by Gasteiger charge is 2.26. The van der Waals surface area contributed by atoms with E-state index in [9.17, 15) is 9.59 Å². The second-order valence-electron chi connectivity index (χ2n) is 7.43. The van der Waals surface area contributed by atoms with E-state index in [1.54, 1.807) is 11.8 Å². The van der Waals surface area contributed by atoms with E-state index in [1.807, 2.05) is 54.6 Å². The lowest BCUT2D eigenvalue weighted by Crippen LogP contribution is -2.20. The third kappa shape index (κ3) is 5.32. The first-order chi connectivity index (χ1) is 15.9. The maximum atomic E-state index is 12.2. The number of ether oxygens (including phenoxy) is 1. The van der Waals surface area contributed by atoms with E-state index in [0.29, 0.717) is 11.0 Å². The molecule has 0 aliphatic carbocycles. The van der Waals surface area contributed by atoms with Gasteiger partial charge in [0.2, 0.25) is 11.9 Å². The van der Waals surface area contributed by atoms with Gasteiger partial charge < -0.3 is 15.2 Å². The number of carboxylic acid groups (broad SMARTS) is 1. The number of methoxy groups -OCH3 is 1. The van der Waals surface area contributed by atoms with Crippen LogP contribution in [-0.2, 0) is 9.59 Å². The molecule has 0 saturated heterocycles. The number of hydrogen-bond acceptors (Lipinski definition) is 6. The van der Waals surface area contributed by atoms with E-state index in [4.69, 9.17) is 21.4 Å². The lowest BCUT2D eigenvalue weighted by atomic mass is 10.0. The topological polar surface area (TPSA) is 118 Å². The number of nitrogens with zero attached hydrogens (tertiary/aromatic N) is 3. The van der Waals surface area contributed by atoms with Gasteiger partial charge in [-0.25, -0.2) is 4.68 Å². The monoisotopic (exact) mass is 467 g/mol. The van der Waals surface area contributed by atoms with Crippen molar-refractivity contribution in [2.75, 3.05) is 17.7 Å². The molecule has 0 radical (unpaired) electrons. The van der Waals surface area contributed by atoms with Crippen LogP contribution in [0.3, 0.4) is 0 Å². The molecule has 0 saturated carbocycles. The molecular formula is C23H22ClN5O4. The van der Waals surface area contributed by atoms with Crippen molar-refractivity contribution in [3.8, 4) is 5.75 Å². The van der Waals surface area contributed by atoms with Gasteiger partial charge in [-0.1, -0.05) is 35.9 Å². The molecule has 1 aromatic heterocycles. The zero-order valence-electron chi connectivity index (χ0n) is 17.8. The first-order valence-electron chi connectivity index (χ1n) is 10.3. The van der Waals surface area contributed by atoms with Crippen LogP contribution in [0.1, 0.15) is 36.4 Å². The highest BCUT2D eigenvalue weighted by molar-refractivity contribution is 6.30. The SMILES string of the molecule is COc1ccc(C2C=C(c3ccc(Cl)cc3)Nc3nc(NC(=O)CCCC(=O)O)nn32)cc1. The summed E-state index contributed by atoms with van der Waals surface area (Å²) < 4.78 is 6.95. The molecule has 170 valence electrons. The van der Waals surface area contributed by atoms with Crippen molar-refractivity contribution in [1.29, 1.82) is 0 Å². The van der Waals surface area contributed by atoms with E-state index in [-0.39, 0.29) is 37.2 Å². The van der Waals surface area contributed by atoms with Crippen LogP contribution in [0.25, 0.3) is 5.70 Å². The second-order valence-corrected chi connectivity index (χ2v) is 7.87. The predicted octanol–water partition coefficient (Wildman–Crippen LogP) is 4.19. The number of rotatable bonds is 8. The third-order valence-electron chi connectivity index (χ3n) is 5.12. The number of aliphatic carboxylic acids is 1. The van der Waals surface area contributed by atoms with Crippen LogP contribution in [0.2, 0.25) is 5.02 Å². The molecule has 3 aromatic rings. The van der Waals surface area contributed by atoms with E-state index >= 15 is 0 Å². The molecule has 1 unspecified atom stereocenters. The van der Waals surface area contributed by atoms with E-state index < -0.39 is 5.97 Å². The Kier molecular flexibility index (Phi) is 6.60. The maximum absolute atomic E-state index is 12.2. The molecular weight excluding hydrogens is 446 g/mol. The standard InChI is InChI=1S/C23H22ClN5O4/c1-33-17-11-7-15(8-12-17)19-13-18(14-5-9-16(24)10-6-14)25-23-27-22(28-29(19)23)26-20(30)3-2-4-21(31)32/h5-13,19H,2-4H2,1H3,(H,31,32)(H2,25,26,27,28,30). The van der Waals surface area contributed by atoms with E-state index in [2.05, 4.69) is 20.7 Å². The van der Waals surface area contributed by atoms with Gasteiger partial charge in [0.25, 0.3) is 5.95 Å². The molecule has 0 fully saturated rings. The number of nitrogens with one attached hydrogen (secondary N) is 2. The van der Waals surface area contributed by atoms with E-state index in [1.165, 1.54) is 0 Å². The quantitative estimate of drug-likeness (QED) is 0.454. The molecule has 3 N–H and O–H groups in total. The minimum atomic E-state index is -0.939. The van der Waals surface area contributed by atoms with Gasteiger partial charge in [0.05, 0.1) is 7.11 Å². The number of benzene rings is 2. The van der Waals surface area contributed by atoms with Crippen LogP contribution in [0.15, 0.2) is 54.6 Å². The molecule has 9 nitrogen and oxygen atoms in total. The average Bonchev–Trinajstić information content (AvgIpc) is 3.21. The largest absolute Gasteiger partial charge is 0.497 e. The van der Waals surface area contributed by atoms with Gasteiger partial charge in [0.1, 0.15) is 11.8 Å². The number of carbonyl (C=O) groups is 2. The number of allylic oxidation sites excluding steroid dienone is 1. The average molecular weight is 468 g/mol. The molecule has 1 aliphatic heterocycles. The molecule has 4 rings (SSSR count). The Labute approximate surface area is 195 Å². The number of aromatic nitrogens is 3. The molecule has 10 heteroatoms. The zero-order chi connectivity index (χ0) is 23.4. The van der Waals surface area contributed by atoms with Gasteiger partial charge >= 0.3 is 5.97 Å². The summed E-state index contributed by atoms with van der Waals surface area (Å²) in [5.41, 5.74) is 2.70. The summed E-state index contributed by atoms with van der Waals surface area (Å²) in [7, 11) is 1.61. The highest BCUT2D eigenvalue weighted by atomic mass is 35.5. The lowest BCUT2D eigenvalue weighted by molar-refractivity contribution is -0.137. The molecule has 1 aliphatic rings. The fourth-order valence-electron chi connectivity index (χ4n) is 3.47. The van der Waals surface area contributed by atoms with Gasteiger partial charge in [-0.05, 0) is 47.9 Å². The minimum absolute atomic E-state index is 0.0692. The van der Waals surface area contributed by atoms with Crippen molar-refractivity contribution in [3.05, 3.63) is 70.8 Å². The predicted molar refractivity (Wildman–Crippen MR) is 124 cm³/mol. The molecule has 33 heavy (non-hydrogen) atoms. The summed E-state index contributed by atoms with van der Waals surface area (Å²) in [5, 5.41) is 19.8. The maximum Gasteiger partial charge on any atom is 0.303 e. The summed E-state index contributed by atoms with van der Waals surface area (Å²) in [4.78, 5) is 27.3. The molecule has 1 amide bonds. The van der Waals surface area contributed by atoms with Gasteiger partial charge in [0.15, 0.2) is 0 Å². The third-order valence-corrected chi connectivity index (χ3v) is 5.38. The van der Waals surface area contributed by atoms with Crippen molar-refractivity contribution in [3.63, 3.8) is 0 Å². The Hall–Kier alpha value is -3.85. The van der Waals surface area contributed by atoms with Crippen molar-refractivity contribution in [1.82, 2.24) is 14.8 Å². The van der Waals surface area contributed by atoms with Gasteiger partial charge in [-0.3, -0.25) is 14.9 Å². The molecule has 0 bridgehead atoms. The van der Waals surface area contributed by atoms with Crippen molar-refractivity contribution >= 4 is 41.1 Å². The number of carboxylic acids is 1. The summed E-state index contributed by atoms with van der Waals surface area (Å²) in [6.07, 6.45) is 2.25. The number of amides is 1. The Balaban J connectivity index is 1.62. The van der Waals surface area contributed by atoms with Crippen LogP contribution in [0, 0.1) is 0 Å². The zero-order valence-corrected chi connectivity index (χ0v) is 18.5. The van der Waals surface area contributed by atoms with E-state index in [0.717, 1.165) is 22.6 Å². The van der Waals surface area contributed by atoms with Gasteiger partial charge in [0, 0.05) is 23.6 Å². The lowest BCUT2D eigenvalue weighted by Gasteiger charge is -2.24. The normalized spacial score (nSPS) is 14.6. The minimum Gasteiger partial charge on any atom is -0.497 e. The Morgan fingerprint density at radius 3 is 2.55 bits per heavy atom. The highest BCUT2D eigenvalue weighted by Crippen LogP contribution is 2.34. The van der Waals surface area contributed by atoms with Crippen molar-refractivity contribution < 1.29 is 19.4 Å². The number of carbonyl (C=O) groups excluding carboxylic acids is 1. The summed E-state index contributed by atoms with van der Waals surface area (Å²) in [5.74, 6) is 0.0608. The molecule has 0 spiro atoms. The molecule has 2 aromatic carbocycles. The van der Waals surface area contributed by atoms with Crippen LogP contribution >= 0.6 is 11.6 Å². The number of fused-ring (bicyclic) bond motifs is 1. The Morgan fingerprint density at radius 2 is 1.88 bits per heavy atom. The number of hydrogen-bond donors (Lipinski definition) is 3. The van der Waals surface area contributed by atoms with Crippen LogP contribution in [-0.4, -0.2) is 38.9 Å². The number of halogens is 1. The Bertz CT molecular complexity index is 1190. The molecule has 2 heterocycles. The fraction of sp³-hybridized carbons (Fsp3) is 0.217. The molecule has 1 atom stereocenters. The van der Waals surface area contributed by atoms with Gasteiger partial charge in [-0.15, -0.1) is 5.10 Å². The second kappa shape index (κ2) is 9.74. The fourth-order valence-corrected chi connectivity index (χ4v) is 3.60. The van der Waals surface area contributed by atoms with Crippen LogP contribution in [0.5, 0.6) is 5.75 Å². The Morgan fingerprint density at radius 1 is 1.15 bits per heavy atom. The summed E-state index contributed by atoms with van der Waals surface area (Å²) >= 11 is 6.04. The first-order valence-corrected chi connectivity index (χ1v) is 10.7. The van der Waals surface area contributed by atoms with Crippen LogP contribution < -0.4 is 15.4 Å².